The summed E-state index contributed by atoms with van der Waals surface area (Å²) in [7, 11) is 0. The van der Waals surface area contributed by atoms with Gasteiger partial charge >= 0.3 is 0 Å². The number of aryl methyl sites for hydroxylation is 1. The number of nitrogen functional groups attached to an aromatic ring is 1. The summed E-state index contributed by atoms with van der Waals surface area (Å²) in [6.07, 6.45) is 1.71. The fourth-order valence-corrected chi connectivity index (χ4v) is 1.80. The molecule has 0 unspecified atom stereocenters. The monoisotopic (exact) mass is 165 g/mol. The molecule has 11 heavy (non-hydrogen) atoms. The highest BCUT2D eigenvalue weighted by molar-refractivity contribution is 7.14. The van der Waals surface area contributed by atoms with Crippen LogP contribution in [-0.2, 0) is 0 Å². The van der Waals surface area contributed by atoms with Crippen LogP contribution in [0.25, 0.3) is 10.1 Å². The molecule has 3 nitrogen and oxygen atoms in total. The smallest absolute Gasteiger partial charge is 0.142 e. The summed E-state index contributed by atoms with van der Waals surface area (Å²) in [6, 6.07) is 1.94. The van der Waals surface area contributed by atoms with Crippen LogP contribution in [-0.4, -0.2) is 9.36 Å². The maximum atomic E-state index is 5.63. The average molecular weight is 165 g/mol. The molecule has 2 aromatic rings. The van der Waals surface area contributed by atoms with Crippen molar-refractivity contribution in [3.63, 3.8) is 0 Å². The van der Waals surface area contributed by atoms with Crippen molar-refractivity contribution in [2.45, 2.75) is 6.92 Å². The topological polar surface area (TPSA) is 51.8 Å². The quantitative estimate of drug-likeness (QED) is 0.644. The van der Waals surface area contributed by atoms with Crippen LogP contribution in [0.1, 0.15) is 5.69 Å². The minimum atomic E-state index is 0.577. The van der Waals surface area contributed by atoms with E-state index in [1.165, 1.54) is 11.5 Å². The van der Waals surface area contributed by atoms with E-state index in [-0.39, 0.29) is 0 Å². The third kappa shape index (κ3) is 0.867. The Labute approximate surface area is 68.0 Å². The van der Waals surface area contributed by atoms with Crippen molar-refractivity contribution in [2.75, 3.05) is 5.73 Å². The molecule has 0 saturated carbocycles. The Balaban J connectivity index is 2.94. The highest BCUT2D eigenvalue weighted by atomic mass is 32.1. The molecule has 0 fully saturated rings. The van der Waals surface area contributed by atoms with Gasteiger partial charge in [0.15, 0.2) is 0 Å². The van der Waals surface area contributed by atoms with E-state index in [2.05, 4.69) is 9.36 Å². The number of hydrogen-bond donors (Lipinski definition) is 1. The van der Waals surface area contributed by atoms with Crippen LogP contribution < -0.4 is 5.73 Å². The van der Waals surface area contributed by atoms with Crippen molar-refractivity contribution in [2.24, 2.45) is 0 Å². The largest absolute Gasteiger partial charge is 0.382 e. The summed E-state index contributed by atoms with van der Waals surface area (Å²) in [5.41, 5.74) is 6.66. The van der Waals surface area contributed by atoms with Gasteiger partial charge in [0.1, 0.15) is 5.82 Å². The molecule has 0 saturated heterocycles. The lowest BCUT2D eigenvalue weighted by Crippen LogP contribution is -1.87. The maximum Gasteiger partial charge on any atom is 0.142 e. The number of nitrogens with zero attached hydrogens (tertiary/aromatic N) is 2. The van der Waals surface area contributed by atoms with Crippen LogP contribution in [0, 0.1) is 6.92 Å². The third-order valence-corrected chi connectivity index (χ3v) is 2.57. The SMILES string of the molecule is Cc1nsc2c(N)nccc12. The molecular weight excluding hydrogens is 158 g/mol. The number of aromatic nitrogens is 2. The van der Waals surface area contributed by atoms with Crippen molar-refractivity contribution in [1.82, 2.24) is 9.36 Å². The van der Waals surface area contributed by atoms with E-state index in [1.54, 1.807) is 6.20 Å². The zero-order valence-electron chi connectivity index (χ0n) is 6.03. The Morgan fingerprint density at radius 3 is 3.09 bits per heavy atom. The Kier molecular flexibility index (Phi) is 1.29. The molecule has 0 aromatic carbocycles. The van der Waals surface area contributed by atoms with E-state index in [0.29, 0.717) is 5.82 Å². The number of pyridine rings is 1. The van der Waals surface area contributed by atoms with Crippen molar-refractivity contribution in [3.8, 4) is 0 Å². The lowest BCUT2D eigenvalue weighted by molar-refractivity contribution is 1.35. The molecule has 2 heterocycles. The first kappa shape index (κ1) is 6.54. The fraction of sp³-hybridized carbons (Fsp3) is 0.143. The summed E-state index contributed by atoms with van der Waals surface area (Å²) < 4.78 is 5.17. The standard InChI is InChI=1S/C7H7N3S/c1-4-5-2-3-9-7(8)6(5)11-10-4/h2-3H,1H3,(H2,8,9). The Hall–Kier alpha value is -1.16. The Morgan fingerprint density at radius 1 is 1.55 bits per heavy atom. The van der Waals surface area contributed by atoms with Gasteiger partial charge in [-0.1, -0.05) is 0 Å². The third-order valence-electron chi connectivity index (χ3n) is 1.60. The molecular formula is C7H7N3S. The lowest BCUT2D eigenvalue weighted by atomic mass is 10.3. The van der Waals surface area contributed by atoms with Gasteiger partial charge in [0.05, 0.1) is 10.4 Å². The van der Waals surface area contributed by atoms with Crippen LogP contribution in [0.5, 0.6) is 0 Å². The summed E-state index contributed by atoms with van der Waals surface area (Å²) in [6.45, 7) is 1.97. The minimum absolute atomic E-state index is 0.577. The number of nitrogens with two attached hydrogens (primary N) is 1. The van der Waals surface area contributed by atoms with Crippen molar-refractivity contribution >= 4 is 27.4 Å². The summed E-state index contributed by atoms with van der Waals surface area (Å²) in [5, 5.41) is 1.11. The lowest BCUT2D eigenvalue weighted by Gasteiger charge is -1.91. The molecule has 2 rings (SSSR count). The van der Waals surface area contributed by atoms with E-state index in [0.717, 1.165) is 15.8 Å². The summed E-state index contributed by atoms with van der Waals surface area (Å²) in [4.78, 5) is 3.97. The molecule has 0 aliphatic rings. The average Bonchev–Trinajstić information content (AvgIpc) is 2.35. The molecule has 0 aliphatic carbocycles. The van der Waals surface area contributed by atoms with Gasteiger partial charge in [-0.3, -0.25) is 0 Å². The molecule has 4 heteroatoms. The van der Waals surface area contributed by atoms with E-state index in [1.807, 2.05) is 13.0 Å². The van der Waals surface area contributed by atoms with E-state index in [9.17, 15) is 0 Å². The molecule has 2 aromatic heterocycles. The molecule has 0 atom stereocenters. The van der Waals surface area contributed by atoms with Gasteiger partial charge in [0, 0.05) is 11.6 Å². The number of anilines is 1. The van der Waals surface area contributed by atoms with Crippen LogP contribution in [0.2, 0.25) is 0 Å². The highest BCUT2D eigenvalue weighted by Crippen LogP contribution is 2.25. The molecule has 0 spiro atoms. The van der Waals surface area contributed by atoms with Gasteiger partial charge < -0.3 is 5.73 Å². The molecule has 0 bridgehead atoms. The maximum absolute atomic E-state index is 5.63. The van der Waals surface area contributed by atoms with Crippen LogP contribution in [0.15, 0.2) is 12.3 Å². The highest BCUT2D eigenvalue weighted by Gasteiger charge is 2.03. The molecule has 0 radical (unpaired) electrons. The zero-order valence-corrected chi connectivity index (χ0v) is 6.85. The van der Waals surface area contributed by atoms with Crippen molar-refractivity contribution in [3.05, 3.63) is 18.0 Å². The minimum Gasteiger partial charge on any atom is -0.382 e. The Bertz CT molecular complexity index is 393. The number of fused-ring (bicyclic) bond motifs is 1. The van der Waals surface area contributed by atoms with Gasteiger partial charge in [-0.05, 0) is 24.5 Å². The van der Waals surface area contributed by atoms with E-state index < -0.39 is 0 Å². The zero-order chi connectivity index (χ0) is 7.84. The predicted molar refractivity (Wildman–Crippen MR) is 46.6 cm³/mol. The first-order valence-electron chi connectivity index (χ1n) is 3.25. The van der Waals surface area contributed by atoms with Gasteiger partial charge in [-0.15, -0.1) is 0 Å². The number of hydrogen-bond acceptors (Lipinski definition) is 4. The summed E-state index contributed by atoms with van der Waals surface area (Å²) in [5.74, 6) is 0.577. The van der Waals surface area contributed by atoms with E-state index >= 15 is 0 Å². The second kappa shape index (κ2) is 2.17. The second-order valence-corrected chi connectivity index (χ2v) is 3.11. The number of rotatable bonds is 0. The molecule has 56 valence electrons. The van der Waals surface area contributed by atoms with Crippen LogP contribution >= 0.6 is 11.5 Å². The molecule has 0 amide bonds. The fourth-order valence-electron chi connectivity index (χ4n) is 1.01. The van der Waals surface area contributed by atoms with Gasteiger partial charge in [0.25, 0.3) is 0 Å². The summed E-state index contributed by atoms with van der Waals surface area (Å²) >= 11 is 1.40. The first-order chi connectivity index (χ1) is 5.29. The molecule has 2 N–H and O–H groups in total. The Morgan fingerprint density at radius 2 is 2.36 bits per heavy atom. The molecule has 0 aliphatic heterocycles. The van der Waals surface area contributed by atoms with Crippen LogP contribution in [0.4, 0.5) is 5.82 Å². The van der Waals surface area contributed by atoms with E-state index in [4.69, 9.17) is 5.73 Å². The van der Waals surface area contributed by atoms with Gasteiger partial charge in [-0.2, -0.15) is 4.37 Å². The van der Waals surface area contributed by atoms with Crippen molar-refractivity contribution < 1.29 is 0 Å². The predicted octanol–water partition coefficient (Wildman–Crippen LogP) is 1.58. The normalized spacial score (nSPS) is 10.6. The van der Waals surface area contributed by atoms with Crippen molar-refractivity contribution in [1.29, 1.82) is 0 Å². The second-order valence-electron chi connectivity index (χ2n) is 2.34. The first-order valence-corrected chi connectivity index (χ1v) is 4.03. The van der Waals surface area contributed by atoms with Gasteiger partial charge in [-0.25, -0.2) is 4.98 Å². The van der Waals surface area contributed by atoms with Crippen LogP contribution in [0.3, 0.4) is 0 Å². The van der Waals surface area contributed by atoms with Gasteiger partial charge in [0.2, 0.25) is 0 Å².